The average Bonchev–Trinajstić information content (AvgIpc) is 3.55. The van der Waals surface area contributed by atoms with E-state index in [1.165, 1.54) is 32.1 Å². The lowest BCUT2D eigenvalue weighted by atomic mass is 9.89. The highest BCUT2D eigenvalue weighted by atomic mass is 32.2. The predicted molar refractivity (Wildman–Crippen MR) is 176 cm³/mol. The molecule has 246 valence electrons. The normalized spacial score (nSPS) is 23.9. The van der Waals surface area contributed by atoms with Crippen LogP contribution in [0.4, 0.5) is 5.69 Å². The lowest BCUT2D eigenvalue weighted by Crippen LogP contribution is -2.47. The van der Waals surface area contributed by atoms with E-state index in [0.29, 0.717) is 18.9 Å². The van der Waals surface area contributed by atoms with Crippen LogP contribution < -0.4 is 9.46 Å². The highest BCUT2D eigenvalue weighted by Gasteiger charge is 2.31. The van der Waals surface area contributed by atoms with E-state index in [4.69, 9.17) is 9.47 Å². The standard InChI is InChI=1S/C33H51N3O6S2/c1-24-20-36(25(2)23-37)33(38)29-19-28(34-44(39,40)32-14-10-18-43-32)15-16-30(29)42-26(3)11-8-9-17-41-31(24)22-35(4)21-27-12-6-5-7-13-27/h10,14-16,18-19,24-27,31,34,37H,5-9,11-13,17,20-23H2,1-4H3/t24-,25-,26+,31-/m1/s1. The topological polar surface area (TPSA) is 108 Å². The molecule has 1 aliphatic heterocycles. The Morgan fingerprint density at radius 2 is 1.84 bits per heavy atom. The summed E-state index contributed by atoms with van der Waals surface area (Å²) in [5, 5.41) is 11.9. The molecule has 1 aromatic carbocycles. The summed E-state index contributed by atoms with van der Waals surface area (Å²) in [4.78, 5) is 18.4. The van der Waals surface area contributed by atoms with Crippen molar-refractivity contribution in [1.29, 1.82) is 0 Å². The second-order valence-corrected chi connectivity index (χ2v) is 15.6. The quantitative estimate of drug-likeness (QED) is 0.351. The number of anilines is 1. The van der Waals surface area contributed by atoms with Gasteiger partial charge in [-0.3, -0.25) is 9.52 Å². The van der Waals surface area contributed by atoms with Crippen LogP contribution >= 0.6 is 11.3 Å². The van der Waals surface area contributed by atoms with Gasteiger partial charge in [-0.25, -0.2) is 8.42 Å². The lowest BCUT2D eigenvalue weighted by molar-refractivity contribution is -0.0190. The van der Waals surface area contributed by atoms with Gasteiger partial charge in [-0.15, -0.1) is 11.3 Å². The molecule has 2 N–H and O–H groups in total. The van der Waals surface area contributed by atoms with Gasteiger partial charge in [0, 0.05) is 37.8 Å². The molecule has 9 nitrogen and oxygen atoms in total. The summed E-state index contributed by atoms with van der Waals surface area (Å²) in [7, 11) is -1.64. The largest absolute Gasteiger partial charge is 0.490 e. The van der Waals surface area contributed by atoms with Crippen molar-refractivity contribution in [3.63, 3.8) is 0 Å². The van der Waals surface area contributed by atoms with Crippen molar-refractivity contribution in [2.45, 2.75) is 94.6 Å². The molecule has 11 heteroatoms. The number of rotatable bonds is 9. The summed E-state index contributed by atoms with van der Waals surface area (Å²) in [6.45, 7) is 8.56. The highest BCUT2D eigenvalue weighted by Crippen LogP contribution is 2.30. The van der Waals surface area contributed by atoms with Crippen molar-refractivity contribution >= 4 is 33.0 Å². The Morgan fingerprint density at radius 1 is 1.09 bits per heavy atom. The summed E-state index contributed by atoms with van der Waals surface area (Å²) in [6, 6.07) is 7.60. The van der Waals surface area contributed by atoms with Crippen LogP contribution in [0.25, 0.3) is 0 Å². The van der Waals surface area contributed by atoms with Crippen molar-refractivity contribution in [2.24, 2.45) is 11.8 Å². The number of nitrogens with one attached hydrogen (secondary N) is 1. The maximum atomic E-state index is 14.3. The van der Waals surface area contributed by atoms with Gasteiger partial charge >= 0.3 is 0 Å². The van der Waals surface area contributed by atoms with Gasteiger partial charge in [0.1, 0.15) is 9.96 Å². The Hall–Kier alpha value is -2.18. The van der Waals surface area contributed by atoms with Crippen LogP contribution in [0, 0.1) is 11.8 Å². The SMILES string of the molecule is C[C@@H]1CN([C@H](C)CO)C(=O)c2cc(NS(=O)(=O)c3cccs3)ccc2O[C@@H](C)CCCCO[C@@H]1CN(C)CC1CCCCC1. The van der Waals surface area contributed by atoms with Gasteiger partial charge < -0.3 is 24.4 Å². The number of hydrogen-bond acceptors (Lipinski definition) is 8. The molecule has 2 heterocycles. The number of nitrogens with zero attached hydrogens (tertiary/aromatic N) is 2. The monoisotopic (exact) mass is 649 g/mol. The van der Waals surface area contributed by atoms with Gasteiger partial charge in [0.15, 0.2) is 0 Å². The van der Waals surface area contributed by atoms with Crippen LogP contribution in [0.2, 0.25) is 0 Å². The molecule has 44 heavy (non-hydrogen) atoms. The van der Waals surface area contributed by atoms with Crippen LogP contribution in [-0.2, 0) is 14.8 Å². The second-order valence-electron chi connectivity index (χ2n) is 12.8. The summed E-state index contributed by atoms with van der Waals surface area (Å²) < 4.78 is 41.5. The summed E-state index contributed by atoms with van der Waals surface area (Å²) in [5.74, 6) is 0.804. The molecule has 4 atom stereocenters. The number of carbonyl (C=O) groups excluding carboxylic acids is 1. The Bertz CT molecular complexity index is 1280. The predicted octanol–water partition coefficient (Wildman–Crippen LogP) is 5.86. The third-order valence-electron chi connectivity index (χ3n) is 8.85. The molecule has 1 amide bonds. The van der Waals surface area contributed by atoms with Gasteiger partial charge in [-0.1, -0.05) is 32.3 Å². The van der Waals surface area contributed by atoms with Crippen LogP contribution in [0.5, 0.6) is 5.75 Å². The van der Waals surface area contributed by atoms with Crippen molar-refractivity contribution in [2.75, 3.05) is 44.6 Å². The van der Waals surface area contributed by atoms with E-state index in [2.05, 4.69) is 23.6 Å². The molecule has 1 aliphatic carbocycles. The zero-order valence-corrected chi connectivity index (χ0v) is 28.4. The van der Waals surface area contributed by atoms with Crippen LogP contribution in [0.3, 0.4) is 0 Å². The number of carbonyl (C=O) groups is 1. The maximum absolute atomic E-state index is 14.3. The van der Waals surface area contributed by atoms with Gasteiger partial charge in [0.25, 0.3) is 15.9 Å². The molecule has 0 radical (unpaired) electrons. The third-order valence-corrected chi connectivity index (χ3v) is 11.6. The molecule has 0 spiro atoms. The number of aliphatic hydroxyl groups excluding tert-OH is 1. The summed E-state index contributed by atoms with van der Waals surface area (Å²) in [5.41, 5.74) is 0.540. The Labute approximate surface area is 268 Å². The number of amides is 1. The molecule has 1 aromatic heterocycles. The highest BCUT2D eigenvalue weighted by molar-refractivity contribution is 7.94. The number of ether oxygens (including phenoxy) is 2. The molecule has 0 saturated heterocycles. The van der Waals surface area contributed by atoms with Gasteiger partial charge in [0.2, 0.25) is 0 Å². The fourth-order valence-corrected chi connectivity index (χ4v) is 8.31. The second kappa shape index (κ2) is 16.4. The molecular weight excluding hydrogens is 599 g/mol. The van der Waals surface area contributed by atoms with Crippen LogP contribution in [0.1, 0.15) is 82.5 Å². The minimum Gasteiger partial charge on any atom is -0.490 e. The van der Waals surface area contributed by atoms with Gasteiger partial charge in [-0.05, 0) is 88.6 Å². The van der Waals surface area contributed by atoms with Crippen LogP contribution in [0.15, 0.2) is 39.9 Å². The number of thiophene rings is 1. The van der Waals surface area contributed by atoms with E-state index in [9.17, 15) is 18.3 Å². The third kappa shape index (κ3) is 9.66. The van der Waals surface area contributed by atoms with Crippen molar-refractivity contribution < 1.29 is 27.8 Å². The first-order valence-electron chi connectivity index (χ1n) is 16.2. The smallest absolute Gasteiger partial charge is 0.271 e. The first-order chi connectivity index (χ1) is 21.1. The number of fused-ring (bicyclic) bond motifs is 1. The van der Waals surface area contributed by atoms with E-state index >= 15 is 0 Å². The first kappa shape index (κ1) is 34.7. The fourth-order valence-electron chi connectivity index (χ4n) is 6.26. The van der Waals surface area contributed by atoms with Crippen molar-refractivity contribution in [3.8, 4) is 5.75 Å². The molecule has 2 aromatic rings. The molecule has 0 bridgehead atoms. The number of benzene rings is 1. The summed E-state index contributed by atoms with van der Waals surface area (Å²) >= 11 is 1.13. The zero-order chi connectivity index (χ0) is 31.7. The van der Waals surface area contributed by atoms with Crippen molar-refractivity contribution in [3.05, 3.63) is 41.3 Å². The molecule has 4 rings (SSSR count). The average molecular weight is 650 g/mol. The van der Waals surface area contributed by atoms with E-state index < -0.39 is 16.1 Å². The van der Waals surface area contributed by atoms with E-state index in [0.717, 1.165) is 49.6 Å². The minimum absolute atomic E-state index is 0.00602. The van der Waals surface area contributed by atoms with E-state index in [-0.39, 0.29) is 46.1 Å². The number of aliphatic hydroxyl groups is 1. The molecule has 1 saturated carbocycles. The Balaban J connectivity index is 1.61. The minimum atomic E-state index is -3.81. The summed E-state index contributed by atoms with van der Waals surface area (Å²) in [6.07, 6.45) is 8.93. The molecule has 2 aliphatic rings. The fraction of sp³-hybridized carbons (Fsp3) is 0.667. The zero-order valence-electron chi connectivity index (χ0n) is 26.7. The maximum Gasteiger partial charge on any atom is 0.271 e. The van der Waals surface area contributed by atoms with Gasteiger partial charge in [-0.2, -0.15) is 0 Å². The number of hydrogen-bond donors (Lipinski definition) is 2. The number of sulfonamides is 1. The Morgan fingerprint density at radius 3 is 2.55 bits per heavy atom. The van der Waals surface area contributed by atoms with E-state index in [1.54, 1.807) is 40.6 Å². The number of likely N-dealkylation sites (N-methyl/N-ethyl adjacent to an activating group) is 1. The lowest BCUT2D eigenvalue weighted by Gasteiger charge is -2.36. The molecule has 0 unspecified atom stereocenters. The molecule has 1 fully saturated rings. The van der Waals surface area contributed by atoms with E-state index in [1.807, 2.05) is 13.8 Å². The first-order valence-corrected chi connectivity index (χ1v) is 18.5. The van der Waals surface area contributed by atoms with Crippen molar-refractivity contribution in [1.82, 2.24) is 9.80 Å². The Kier molecular flexibility index (Phi) is 12.9. The molecular formula is C33H51N3O6S2. The van der Waals surface area contributed by atoms with Crippen LogP contribution in [-0.4, -0.2) is 87.4 Å². The van der Waals surface area contributed by atoms with Gasteiger partial charge in [0.05, 0.1) is 30.4 Å².